The molecule has 1 unspecified atom stereocenters. The lowest BCUT2D eigenvalue weighted by Crippen LogP contribution is -2.29. The molecule has 1 atom stereocenters. The minimum Gasteiger partial charge on any atom is -0.507 e. The van der Waals surface area contributed by atoms with Crippen LogP contribution in [0.25, 0.3) is 5.76 Å². The summed E-state index contributed by atoms with van der Waals surface area (Å²) in [6.45, 7) is 6.66. The molecule has 1 fully saturated rings. The lowest BCUT2D eigenvalue weighted by molar-refractivity contribution is -0.132. The molecule has 1 saturated heterocycles. The summed E-state index contributed by atoms with van der Waals surface area (Å²) in [5, 5.41) is 11.8. The number of hydrogen-bond donors (Lipinski definition) is 1. The number of ether oxygens (including phenoxy) is 2. The number of aliphatic hydroxyl groups excluding tert-OH is 1. The van der Waals surface area contributed by atoms with Gasteiger partial charge in [-0.2, -0.15) is 0 Å². The van der Waals surface area contributed by atoms with Crippen molar-refractivity contribution in [2.45, 2.75) is 26.8 Å². The maximum absolute atomic E-state index is 13.3. The van der Waals surface area contributed by atoms with E-state index in [-0.39, 0.29) is 11.3 Å². The third kappa shape index (κ3) is 4.75. The van der Waals surface area contributed by atoms with E-state index >= 15 is 0 Å². The molecule has 4 rings (SSSR count). The van der Waals surface area contributed by atoms with Gasteiger partial charge in [0.1, 0.15) is 17.3 Å². The molecule has 3 aromatic carbocycles. The van der Waals surface area contributed by atoms with Crippen LogP contribution in [-0.4, -0.2) is 30.0 Å². The topological polar surface area (TPSA) is 76.1 Å². The minimum absolute atomic E-state index is 0.00250. The van der Waals surface area contributed by atoms with Gasteiger partial charge >= 0.3 is 0 Å². The van der Waals surface area contributed by atoms with Crippen molar-refractivity contribution in [1.82, 2.24) is 0 Å². The summed E-state index contributed by atoms with van der Waals surface area (Å²) >= 11 is 6.20. The predicted molar refractivity (Wildman–Crippen MR) is 136 cm³/mol. The molecular weight excluding hydrogens is 466 g/mol. The van der Waals surface area contributed by atoms with Gasteiger partial charge < -0.3 is 14.6 Å². The highest BCUT2D eigenvalue weighted by molar-refractivity contribution is 6.51. The fourth-order valence-electron chi connectivity index (χ4n) is 4.22. The average Bonchev–Trinajstić information content (AvgIpc) is 3.11. The number of ketones is 1. The fraction of sp³-hybridized carbons (Fsp3) is 0.214. The first-order chi connectivity index (χ1) is 16.8. The maximum atomic E-state index is 13.3. The number of aliphatic hydroxyl groups is 1. The second-order valence-corrected chi connectivity index (χ2v) is 8.50. The molecule has 0 aliphatic carbocycles. The van der Waals surface area contributed by atoms with Crippen LogP contribution in [0.4, 0.5) is 5.69 Å². The third-order valence-corrected chi connectivity index (χ3v) is 6.02. The number of rotatable bonds is 7. The number of halogens is 1. The highest BCUT2D eigenvalue weighted by Gasteiger charge is 2.47. The highest BCUT2D eigenvalue weighted by atomic mass is 35.5. The first kappa shape index (κ1) is 24.4. The van der Waals surface area contributed by atoms with Crippen LogP contribution in [0.2, 0.25) is 5.02 Å². The number of amides is 1. The molecule has 1 N–H and O–H groups in total. The highest BCUT2D eigenvalue weighted by Crippen LogP contribution is 2.43. The molecule has 1 aliphatic heterocycles. The Bertz CT molecular complexity index is 1300. The molecule has 1 heterocycles. The number of carbonyl (C=O) groups excluding carboxylic acids is 2. The molecule has 35 heavy (non-hydrogen) atoms. The molecule has 0 bridgehead atoms. The summed E-state index contributed by atoms with van der Waals surface area (Å²) in [4.78, 5) is 27.9. The van der Waals surface area contributed by atoms with E-state index in [9.17, 15) is 14.7 Å². The van der Waals surface area contributed by atoms with Gasteiger partial charge in [-0.3, -0.25) is 14.5 Å². The van der Waals surface area contributed by atoms with Crippen molar-refractivity contribution in [2.24, 2.45) is 0 Å². The monoisotopic (exact) mass is 491 g/mol. The van der Waals surface area contributed by atoms with Crippen molar-refractivity contribution < 1.29 is 24.2 Å². The normalized spacial score (nSPS) is 17.0. The number of carbonyl (C=O) groups is 2. The minimum atomic E-state index is -0.851. The Labute approximate surface area is 209 Å². The van der Waals surface area contributed by atoms with Crippen molar-refractivity contribution in [1.29, 1.82) is 0 Å². The summed E-state index contributed by atoms with van der Waals surface area (Å²) in [6.07, 6.45) is 0. The summed E-state index contributed by atoms with van der Waals surface area (Å²) in [5.41, 5.74) is 2.34. The van der Waals surface area contributed by atoms with E-state index in [4.69, 9.17) is 21.1 Å². The molecule has 1 amide bonds. The Hall–Kier alpha value is -3.77. The van der Waals surface area contributed by atoms with E-state index in [1.807, 2.05) is 20.8 Å². The van der Waals surface area contributed by atoms with E-state index < -0.39 is 17.7 Å². The smallest absolute Gasteiger partial charge is 0.300 e. The Kier molecular flexibility index (Phi) is 7.12. The predicted octanol–water partition coefficient (Wildman–Crippen LogP) is 6.07. The number of benzene rings is 3. The Balaban J connectivity index is 1.89. The Morgan fingerprint density at radius 2 is 1.69 bits per heavy atom. The largest absolute Gasteiger partial charge is 0.507 e. The summed E-state index contributed by atoms with van der Waals surface area (Å²) < 4.78 is 11.1. The van der Waals surface area contributed by atoms with Crippen LogP contribution in [0.15, 0.2) is 72.3 Å². The van der Waals surface area contributed by atoms with E-state index in [2.05, 4.69) is 0 Å². The van der Waals surface area contributed by atoms with E-state index in [1.54, 1.807) is 66.7 Å². The number of Topliss-reactive ketones (excluding diaryl/α,β-unsaturated/α-hetero) is 1. The number of hydrogen-bond acceptors (Lipinski definition) is 5. The van der Waals surface area contributed by atoms with Crippen LogP contribution in [0, 0.1) is 6.92 Å². The molecule has 1 aliphatic rings. The molecule has 0 aromatic heterocycles. The molecule has 180 valence electrons. The zero-order chi connectivity index (χ0) is 25.1. The van der Waals surface area contributed by atoms with Crippen molar-refractivity contribution in [3.63, 3.8) is 0 Å². The van der Waals surface area contributed by atoms with Crippen LogP contribution in [-0.2, 0) is 9.59 Å². The zero-order valence-electron chi connectivity index (χ0n) is 19.7. The maximum Gasteiger partial charge on any atom is 0.300 e. The van der Waals surface area contributed by atoms with Crippen molar-refractivity contribution >= 4 is 34.7 Å². The van der Waals surface area contributed by atoms with Gasteiger partial charge in [0.05, 0.1) is 24.8 Å². The van der Waals surface area contributed by atoms with Gasteiger partial charge in [0, 0.05) is 16.3 Å². The first-order valence-corrected chi connectivity index (χ1v) is 11.8. The van der Waals surface area contributed by atoms with Gasteiger partial charge in [-0.25, -0.2) is 0 Å². The van der Waals surface area contributed by atoms with Gasteiger partial charge in [0.2, 0.25) is 0 Å². The molecule has 0 saturated carbocycles. The van der Waals surface area contributed by atoms with Gasteiger partial charge in [-0.15, -0.1) is 0 Å². The van der Waals surface area contributed by atoms with Crippen LogP contribution in [0.1, 0.15) is 36.6 Å². The molecule has 3 aromatic rings. The molecule has 6 nitrogen and oxygen atoms in total. The second kappa shape index (κ2) is 10.2. The Morgan fingerprint density at radius 1 is 0.971 bits per heavy atom. The number of anilines is 1. The summed E-state index contributed by atoms with van der Waals surface area (Å²) in [5.74, 6) is -0.411. The Morgan fingerprint density at radius 3 is 2.31 bits per heavy atom. The average molecular weight is 492 g/mol. The second-order valence-electron chi connectivity index (χ2n) is 8.06. The quantitative estimate of drug-likeness (QED) is 0.246. The molecule has 0 radical (unpaired) electrons. The fourth-order valence-corrected chi connectivity index (χ4v) is 4.41. The van der Waals surface area contributed by atoms with Gasteiger partial charge in [0.15, 0.2) is 0 Å². The molecule has 0 spiro atoms. The number of aryl methyl sites for hydroxylation is 1. The zero-order valence-corrected chi connectivity index (χ0v) is 20.5. The van der Waals surface area contributed by atoms with Crippen LogP contribution in [0.3, 0.4) is 0 Å². The van der Waals surface area contributed by atoms with Crippen LogP contribution < -0.4 is 14.4 Å². The third-order valence-electron chi connectivity index (χ3n) is 5.79. The lowest BCUT2D eigenvalue weighted by atomic mass is 9.94. The molecule has 7 heteroatoms. The standard InChI is InChI=1S/C28H26ClNO5/c1-4-34-22-12-9-18(10-13-22)25-24(26(31)19-11-14-23(35-5-2)17(3)15-19)27(32)28(33)30(25)21-8-6-7-20(29)16-21/h6-16,25,31H,4-5H2,1-3H3/b26-24+. The van der Waals surface area contributed by atoms with Crippen LogP contribution >= 0.6 is 11.6 Å². The van der Waals surface area contributed by atoms with Gasteiger partial charge in [-0.05, 0) is 80.4 Å². The van der Waals surface area contributed by atoms with Crippen molar-refractivity contribution in [2.75, 3.05) is 18.1 Å². The van der Waals surface area contributed by atoms with E-state index in [1.165, 1.54) is 4.90 Å². The first-order valence-electron chi connectivity index (χ1n) is 11.4. The van der Waals surface area contributed by atoms with E-state index in [0.29, 0.717) is 46.5 Å². The summed E-state index contributed by atoms with van der Waals surface area (Å²) in [7, 11) is 0. The van der Waals surface area contributed by atoms with Crippen LogP contribution in [0.5, 0.6) is 11.5 Å². The van der Waals surface area contributed by atoms with Gasteiger partial charge in [-0.1, -0.05) is 29.8 Å². The SMILES string of the molecule is CCOc1ccc(C2/C(=C(\O)c3ccc(OCC)c(C)c3)C(=O)C(=O)N2c2cccc(Cl)c2)cc1. The number of nitrogens with zero attached hydrogens (tertiary/aromatic N) is 1. The lowest BCUT2D eigenvalue weighted by Gasteiger charge is -2.25. The summed E-state index contributed by atoms with van der Waals surface area (Å²) in [6, 6.07) is 18.2. The van der Waals surface area contributed by atoms with Crippen molar-refractivity contribution in [3.05, 3.63) is 94.0 Å². The van der Waals surface area contributed by atoms with Gasteiger partial charge in [0.25, 0.3) is 11.7 Å². The molecular formula is C28H26ClNO5. The van der Waals surface area contributed by atoms with E-state index in [0.717, 1.165) is 5.56 Å². The van der Waals surface area contributed by atoms with Crippen molar-refractivity contribution in [3.8, 4) is 11.5 Å².